The van der Waals surface area contributed by atoms with Crippen LogP contribution >= 0.6 is 0 Å². The number of hydrogen-bond acceptors (Lipinski definition) is 1. The van der Waals surface area contributed by atoms with Gasteiger partial charge in [0.15, 0.2) is 0 Å². The van der Waals surface area contributed by atoms with Crippen molar-refractivity contribution in [3.8, 4) is 5.75 Å². The Morgan fingerprint density at radius 1 is 0.696 bits per heavy atom. The SMILES string of the molecule is [Br-].[Mg+2].[c-]1cc(Cc2ccccc2)ccc1OCc1ccccc1. The van der Waals surface area contributed by atoms with Crippen LogP contribution in [0.2, 0.25) is 0 Å². The van der Waals surface area contributed by atoms with Crippen LogP contribution in [0.4, 0.5) is 0 Å². The van der Waals surface area contributed by atoms with E-state index in [1.54, 1.807) is 0 Å². The molecule has 0 aliphatic rings. The van der Waals surface area contributed by atoms with Crippen molar-refractivity contribution in [3.63, 3.8) is 0 Å². The van der Waals surface area contributed by atoms with Gasteiger partial charge >= 0.3 is 23.1 Å². The molecule has 0 bridgehead atoms. The van der Waals surface area contributed by atoms with Crippen LogP contribution in [-0.2, 0) is 13.0 Å². The molecule has 0 amide bonds. The summed E-state index contributed by atoms with van der Waals surface area (Å²) >= 11 is 0. The molecule has 0 spiro atoms. The molecule has 0 atom stereocenters. The third kappa shape index (κ3) is 6.38. The number of hydrogen-bond donors (Lipinski definition) is 0. The molecule has 0 saturated heterocycles. The molecule has 3 heteroatoms. The molecule has 23 heavy (non-hydrogen) atoms. The molecule has 0 unspecified atom stereocenters. The van der Waals surface area contributed by atoms with Crippen molar-refractivity contribution in [2.75, 3.05) is 0 Å². The maximum atomic E-state index is 5.74. The first-order chi connectivity index (χ1) is 10.4. The molecule has 3 aromatic rings. The molecule has 0 saturated carbocycles. The first kappa shape index (κ1) is 19.8. The van der Waals surface area contributed by atoms with E-state index in [0.29, 0.717) is 6.61 Å². The van der Waals surface area contributed by atoms with Crippen LogP contribution in [0.3, 0.4) is 0 Å². The van der Waals surface area contributed by atoms with Crippen LogP contribution in [0.25, 0.3) is 0 Å². The smallest absolute Gasteiger partial charge is 1.00 e. The zero-order chi connectivity index (χ0) is 14.3. The number of halogens is 1. The van der Waals surface area contributed by atoms with Gasteiger partial charge in [0, 0.05) is 5.75 Å². The summed E-state index contributed by atoms with van der Waals surface area (Å²) in [6.45, 7) is 0.579. The van der Waals surface area contributed by atoms with Crippen LogP contribution in [0.5, 0.6) is 5.75 Å². The molecular formula is C20H17BrMgO. The second-order valence-corrected chi connectivity index (χ2v) is 5.00. The Morgan fingerprint density at radius 3 is 1.87 bits per heavy atom. The minimum atomic E-state index is 0. The van der Waals surface area contributed by atoms with E-state index in [0.717, 1.165) is 12.2 Å². The van der Waals surface area contributed by atoms with E-state index in [-0.39, 0.29) is 40.0 Å². The third-order valence-corrected chi connectivity index (χ3v) is 3.34. The average molecular weight is 378 g/mol. The quantitative estimate of drug-likeness (QED) is 0.481. The Morgan fingerprint density at radius 2 is 1.30 bits per heavy atom. The Hall–Kier alpha value is -1.29. The maximum Gasteiger partial charge on any atom is 2.00 e. The van der Waals surface area contributed by atoms with Crippen LogP contribution in [0.15, 0.2) is 78.9 Å². The van der Waals surface area contributed by atoms with Crippen molar-refractivity contribution in [3.05, 3.63) is 102 Å². The van der Waals surface area contributed by atoms with E-state index in [1.165, 1.54) is 16.7 Å². The average Bonchev–Trinajstić information content (AvgIpc) is 2.56. The van der Waals surface area contributed by atoms with Crippen molar-refractivity contribution in [2.45, 2.75) is 13.0 Å². The van der Waals surface area contributed by atoms with Crippen molar-refractivity contribution >= 4 is 23.1 Å². The number of benzene rings is 3. The maximum absolute atomic E-state index is 5.74. The number of ether oxygens (including phenoxy) is 1. The summed E-state index contributed by atoms with van der Waals surface area (Å²) in [4.78, 5) is 0. The topological polar surface area (TPSA) is 9.23 Å². The first-order valence-electron chi connectivity index (χ1n) is 7.11. The van der Waals surface area contributed by atoms with Crippen molar-refractivity contribution < 1.29 is 21.7 Å². The van der Waals surface area contributed by atoms with Crippen molar-refractivity contribution in [1.82, 2.24) is 0 Å². The molecule has 0 aliphatic heterocycles. The molecule has 0 N–H and O–H groups in total. The van der Waals surface area contributed by atoms with Gasteiger partial charge in [-0.1, -0.05) is 66.2 Å². The molecule has 0 aliphatic carbocycles. The molecule has 1 nitrogen and oxygen atoms in total. The van der Waals surface area contributed by atoms with Crippen LogP contribution in [-0.4, -0.2) is 23.1 Å². The molecule has 0 heterocycles. The fraction of sp³-hybridized carbons (Fsp3) is 0.100. The van der Waals surface area contributed by atoms with Crippen molar-refractivity contribution in [2.24, 2.45) is 0 Å². The Kier molecular flexibility index (Phi) is 9.00. The van der Waals surface area contributed by atoms with Gasteiger partial charge in [-0.05, 0) is 12.0 Å². The van der Waals surface area contributed by atoms with Gasteiger partial charge in [0.1, 0.15) is 6.61 Å². The zero-order valence-electron chi connectivity index (χ0n) is 12.9. The van der Waals surface area contributed by atoms with Gasteiger partial charge in [-0.3, -0.25) is 0 Å². The normalized spacial score (nSPS) is 9.39. The van der Waals surface area contributed by atoms with E-state index in [9.17, 15) is 0 Å². The predicted octanol–water partition coefficient (Wildman–Crippen LogP) is 1.28. The van der Waals surface area contributed by atoms with E-state index < -0.39 is 0 Å². The summed E-state index contributed by atoms with van der Waals surface area (Å²) in [7, 11) is 0. The summed E-state index contributed by atoms with van der Waals surface area (Å²) in [5.41, 5.74) is 3.72. The summed E-state index contributed by atoms with van der Waals surface area (Å²) in [6.07, 6.45) is 0.927. The van der Waals surface area contributed by atoms with Crippen LogP contribution < -0.4 is 21.7 Å². The van der Waals surface area contributed by atoms with Gasteiger partial charge in [0.25, 0.3) is 0 Å². The van der Waals surface area contributed by atoms with E-state index in [4.69, 9.17) is 4.74 Å². The standard InChI is InChI=1S/C20H17O.BrH.Mg/c1-3-7-17(8-4-1)15-18-11-13-20(14-12-18)21-16-19-9-5-2-6-10-19;;/h1-13H,15-16H2;1H;/q-1;;+2/p-1. The summed E-state index contributed by atoms with van der Waals surface area (Å²) in [5, 5.41) is 0. The molecule has 0 aromatic heterocycles. The molecule has 112 valence electrons. The van der Waals surface area contributed by atoms with Gasteiger partial charge < -0.3 is 21.7 Å². The molecular weight excluding hydrogens is 360 g/mol. The summed E-state index contributed by atoms with van der Waals surface area (Å²) in [6, 6.07) is 29.9. The second-order valence-electron chi connectivity index (χ2n) is 5.00. The minimum absolute atomic E-state index is 0. The van der Waals surface area contributed by atoms with Gasteiger partial charge in [0.05, 0.1) is 0 Å². The third-order valence-electron chi connectivity index (χ3n) is 3.34. The van der Waals surface area contributed by atoms with Gasteiger partial charge in [-0.25, -0.2) is 0 Å². The monoisotopic (exact) mass is 376 g/mol. The number of rotatable bonds is 5. The van der Waals surface area contributed by atoms with E-state index in [1.807, 2.05) is 36.4 Å². The molecule has 3 rings (SSSR count). The molecule has 3 aromatic carbocycles. The fourth-order valence-electron chi connectivity index (χ4n) is 2.21. The van der Waals surface area contributed by atoms with Gasteiger partial charge in [0.2, 0.25) is 0 Å². The van der Waals surface area contributed by atoms with Crippen molar-refractivity contribution in [1.29, 1.82) is 0 Å². The summed E-state index contributed by atoms with van der Waals surface area (Å²) in [5.74, 6) is 0.788. The Bertz CT molecular complexity index is 669. The van der Waals surface area contributed by atoms with Gasteiger partial charge in [-0.2, -0.15) is 17.7 Å². The molecule has 0 radical (unpaired) electrons. The second kappa shape index (κ2) is 10.5. The first-order valence-corrected chi connectivity index (χ1v) is 7.11. The van der Waals surface area contributed by atoms with E-state index >= 15 is 0 Å². The zero-order valence-corrected chi connectivity index (χ0v) is 15.9. The molecule has 0 fully saturated rings. The minimum Gasteiger partial charge on any atom is -1.00 e. The predicted molar refractivity (Wildman–Crippen MR) is 91.1 cm³/mol. The van der Waals surface area contributed by atoms with E-state index in [2.05, 4.69) is 48.5 Å². The van der Waals surface area contributed by atoms with Crippen LogP contribution in [0, 0.1) is 6.07 Å². The Labute approximate surface area is 164 Å². The largest absolute Gasteiger partial charge is 2.00 e. The summed E-state index contributed by atoms with van der Waals surface area (Å²) < 4.78 is 5.74. The fourth-order valence-corrected chi connectivity index (χ4v) is 2.21. The Balaban J connectivity index is 0.00000132. The van der Waals surface area contributed by atoms with Gasteiger partial charge in [-0.15, -0.1) is 12.1 Å². The van der Waals surface area contributed by atoms with Crippen LogP contribution in [0.1, 0.15) is 16.7 Å².